The fourth-order valence-corrected chi connectivity index (χ4v) is 1.98. The van der Waals surface area contributed by atoms with Gasteiger partial charge in [-0.05, 0) is 30.3 Å². The van der Waals surface area contributed by atoms with E-state index >= 15 is 0 Å². The molecule has 0 saturated heterocycles. The van der Waals surface area contributed by atoms with E-state index in [-0.39, 0.29) is 5.91 Å². The molecule has 22 heavy (non-hydrogen) atoms. The lowest BCUT2D eigenvalue weighted by atomic mass is 10.1. The van der Waals surface area contributed by atoms with Crippen LogP contribution in [-0.4, -0.2) is 32.1 Å². The first-order chi connectivity index (χ1) is 10.6. The van der Waals surface area contributed by atoms with Gasteiger partial charge in [-0.1, -0.05) is 0 Å². The van der Waals surface area contributed by atoms with E-state index in [4.69, 9.17) is 13.9 Å². The van der Waals surface area contributed by atoms with Crippen molar-refractivity contribution in [2.24, 2.45) is 0 Å². The van der Waals surface area contributed by atoms with Gasteiger partial charge in [0.2, 0.25) is 5.91 Å². The Balaban J connectivity index is 2.04. The molecule has 0 bridgehead atoms. The first-order valence-electron chi connectivity index (χ1n) is 6.81. The number of furan rings is 1. The number of carbonyl (C=O) groups excluding carboxylic acids is 1. The lowest BCUT2D eigenvalue weighted by molar-refractivity contribution is -0.125. The van der Waals surface area contributed by atoms with Crippen LogP contribution in [0.15, 0.2) is 47.1 Å². The van der Waals surface area contributed by atoms with Gasteiger partial charge >= 0.3 is 0 Å². The minimum atomic E-state index is -0.116. The molecular formula is C17H19NO4. The molecule has 0 aliphatic carbocycles. The van der Waals surface area contributed by atoms with E-state index in [9.17, 15) is 4.79 Å². The molecule has 0 fully saturated rings. The molecule has 0 unspecified atom stereocenters. The number of ether oxygens (including phenoxy) is 2. The van der Waals surface area contributed by atoms with E-state index in [2.05, 4.69) is 0 Å². The third-order valence-electron chi connectivity index (χ3n) is 3.21. The largest absolute Gasteiger partial charge is 0.497 e. The van der Waals surface area contributed by atoms with Crippen molar-refractivity contribution in [3.05, 3.63) is 54.0 Å². The zero-order chi connectivity index (χ0) is 15.9. The average Bonchev–Trinajstić information content (AvgIpc) is 3.06. The minimum Gasteiger partial charge on any atom is -0.497 e. The van der Waals surface area contributed by atoms with Crippen molar-refractivity contribution in [1.82, 2.24) is 4.90 Å². The molecule has 1 heterocycles. The highest BCUT2D eigenvalue weighted by molar-refractivity contribution is 5.91. The van der Waals surface area contributed by atoms with E-state index in [0.29, 0.717) is 23.8 Å². The van der Waals surface area contributed by atoms with Crippen LogP contribution in [0.4, 0.5) is 0 Å². The summed E-state index contributed by atoms with van der Waals surface area (Å²) in [6.07, 6.45) is 4.69. The molecule has 0 atom stereocenters. The summed E-state index contributed by atoms with van der Waals surface area (Å²) >= 11 is 0. The number of nitrogens with zero attached hydrogens (tertiary/aromatic N) is 1. The van der Waals surface area contributed by atoms with Crippen molar-refractivity contribution in [3.63, 3.8) is 0 Å². The predicted molar refractivity (Wildman–Crippen MR) is 83.8 cm³/mol. The molecule has 1 aromatic heterocycles. The van der Waals surface area contributed by atoms with Crippen LogP contribution in [0.5, 0.6) is 11.5 Å². The van der Waals surface area contributed by atoms with Crippen molar-refractivity contribution >= 4 is 12.0 Å². The van der Waals surface area contributed by atoms with Gasteiger partial charge in [-0.25, -0.2) is 0 Å². The molecule has 116 valence electrons. The number of benzene rings is 1. The second-order valence-electron chi connectivity index (χ2n) is 4.72. The number of methoxy groups -OCH3 is 2. The average molecular weight is 301 g/mol. The Hall–Kier alpha value is -2.69. The number of carbonyl (C=O) groups is 1. The maximum Gasteiger partial charge on any atom is 0.246 e. The lowest BCUT2D eigenvalue weighted by Gasteiger charge is -2.17. The Kier molecular flexibility index (Phi) is 5.25. The van der Waals surface area contributed by atoms with Crippen LogP contribution in [0.25, 0.3) is 6.08 Å². The van der Waals surface area contributed by atoms with Gasteiger partial charge < -0.3 is 18.8 Å². The third kappa shape index (κ3) is 3.91. The van der Waals surface area contributed by atoms with E-state index in [1.54, 1.807) is 56.7 Å². The van der Waals surface area contributed by atoms with E-state index in [1.807, 2.05) is 12.1 Å². The highest BCUT2D eigenvalue weighted by atomic mass is 16.5. The highest BCUT2D eigenvalue weighted by Crippen LogP contribution is 2.25. The van der Waals surface area contributed by atoms with Gasteiger partial charge in [-0.2, -0.15) is 0 Å². The summed E-state index contributed by atoms with van der Waals surface area (Å²) in [7, 11) is 4.93. The molecule has 0 radical (unpaired) electrons. The van der Waals surface area contributed by atoms with Gasteiger partial charge in [0.1, 0.15) is 17.3 Å². The second-order valence-corrected chi connectivity index (χ2v) is 4.72. The van der Waals surface area contributed by atoms with Crippen molar-refractivity contribution < 1.29 is 18.7 Å². The summed E-state index contributed by atoms with van der Waals surface area (Å²) in [6, 6.07) is 9.09. The van der Waals surface area contributed by atoms with Crippen LogP contribution in [-0.2, 0) is 11.3 Å². The molecule has 1 aromatic carbocycles. The quantitative estimate of drug-likeness (QED) is 0.770. The minimum absolute atomic E-state index is 0.116. The first-order valence-corrected chi connectivity index (χ1v) is 6.81. The van der Waals surface area contributed by atoms with Crippen LogP contribution in [0, 0.1) is 0 Å². The van der Waals surface area contributed by atoms with Gasteiger partial charge in [0.25, 0.3) is 0 Å². The molecule has 5 nitrogen and oxygen atoms in total. The van der Waals surface area contributed by atoms with Gasteiger partial charge in [0.15, 0.2) is 0 Å². The van der Waals surface area contributed by atoms with Crippen LogP contribution >= 0.6 is 0 Å². The number of likely N-dealkylation sites (N-methyl/N-ethyl adjacent to an activating group) is 1. The first kappa shape index (κ1) is 15.7. The molecule has 0 N–H and O–H groups in total. The van der Waals surface area contributed by atoms with Crippen LogP contribution in [0.3, 0.4) is 0 Å². The van der Waals surface area contributed by atoms with Crippen molar-refractivity contribution in [1.29, 1.82) is 0 Å². The standard InChI is InChI=1S/C17H19NO4/c1-18(17(19)9-8-14-5-4-10-22-14)12-13-6-7-15(20-2)11-16(13)21-3/h4-11H,12H2,1-3H3. The van der Waals surface area contributed by atoms with Gasteiger partial charge in [-0.15, -0.1) is 0 Å². The molecule has 0 aliphatic heterocycles. The van der Waals surface area contributed by atoms with Crippen LogP contribution in [0.1, 0.15) is 11.3 Å². The molecular weight excluding hydrogens is 282 g/mol. The fourth-order valence-electron chi connectivity index (χ4n) is 1.98. The maximum atomic E-state index is 12.1. The van der Waals surface area contributed by atoms with E-state index in [0.717, 1.165) is 5.56 Å². The number of hydrogen-bond donors (Lipinski definition) is 0. The van der Waals surface area contributed by atoms with Crippen molar-refractivity contribution in [2.75, 3.05) is 21.3 Å². The summed E-state index contributed by atoms with van der Waals surface area (Å²) in [5, 5.41) is 0. The molecule has 5 heteroatoms. The lowest BCUT2D eigenvalue weighted by Crippen LogP contribution is -2.24. The number of amides is 1. The Labute approximate surface area is 129 Å². The zero-order valence-electron chi connectivity index (χ0n) is 12.9. The summed E-state index contributed by atoms with van der Waals surface area (Å²) in [4.78, 5) is 13.7. The summed E-state index contributed by atoms with van der Waals surface area (Å²) < 4.78 is 15.7. The molecule has 0 saturated carbocycles. The van der Waals surface area contributed by atoms with Gasteiger partial charge in [0.05, 0.1) is 20.5 Å². The zero-order valence-corrected chi connectivity index (χ0v) is 12.9. The molecule has 0 spiro atoms. The Bertz CT molecular complexity index is 647. The summed E-state index contributed by atoms with van der Waals surface area (Å²) in [5.41, 5.74) is 0.908. The van der Waals surface area contributed by atoms with Crippen LogP contribution in [0.2, 0.25) is 0 Å². The van der Waals surface area contributed by atoms with Crippen molar-refractivity contribution in [3.8, 4) is 11.5 Å². The Morgan fingerprint density at radius 2 is 2.09 bits per heavy atom. The highest BCUT2D eigenvalue weighted by Gasteiger charge is 2.11. The molecule has 0 aliphatic rings. The topological polar surface area (TPSA) is 51.9 Å². The normalized spacial score (nSPS) is 10.7. The van der Waals surface area contributed by atoms with Crippen LogP contribution < -0.4 is 9.47 Å². The SMILES string of the molecule is COc1ccc(CN(C)C(=O)C=Cc2ccco2)c(OC)c1. The van der Waals surface area contributed by atoms with Gasteiger partial charge in [-0.3, -0.25) is 4.79 Å². The van der Waals surface area contributed by atoms with Gasteiger partial charge in [0, 0.05) is 31.3 Å². The third-order valence-corrected chi connectivity index (χ3v) is 3.21. The summed E-state index contributed by atoms with van der Waals surface area (Å²) in [6.45, 7) is 0.439. The predicted octanol–water partition coefficient (Wildman–Crippen LogP) is 2.97. The molecule has 2 rings (SSSR count). The van der Waals surface area contributed by atoms with E-state index < -0.39 is 0 Å². The molecule has 2 aromatic rings. The Morgan fingerprint density at radius 1 is 1.27 bits per heavy atom. The smallest absolute Gasteiger partial charge is 0.246 e. The fraction of sp³-hybridized carbons (Fsp3) is 0.235. The molecule has 1 amide bonds. The Morgan fingerprint density at radius 3 is 2.73 bits per heavy atom. The van der Waals surface area contributed by atoms with E-state index in [1.165, 1.54) is 6.08 Å². The second kappa shape index (κ2) is 7.36. The number of hydrogen-bond acceptors (Lipinski definition) is 4. The summed E-state index contributed by atoms with van der Waals surface area (Å²) in [5.74, 6) is 1.93. The maximum absolute atomic E-state index is 12.1. The van der Waals surface area contributed by atoms with Crippen molar-refractivity contribution in [2.45, 2.75) is 6.54 Å². The number of rotatable bonds is 6. The monoisotopic (exact) mass is 301 g/mol.